The van der Waals surface area contributed by atoms with Crippen molar-refractivity contribution in [1.82, 2.24) is 0 Å². The summed E-state index contributed by atoms with van der Waals surface area (Å²) in [6.45, 7) is 9.54. The predicted molar refractivity (Wildman–Crippen MR) is 96.3 cm³/mol. The van der Waals surface area contributed by atoms with Crippen molar-refractivity contribution in [2.24, 2.45) is 17.3 Å². The molecule has 4 heteroatoms. The smallest absolute Gasteiger partial charge is 0.310 e. The van der Waals surface area contributed by atoms with E-state index in [-0.39, 0.29) is 35.4 Å². The zero-order valence-electron chi connectivity index (χ0n) is 15.5. The molecule has 2 rings (SSSR count). The molecule has 0 aromatic carbocycles. The molecule has 0 amide bonds. The van der Waals surface area contributed by atoms with Gasteiger partial charge in [-0.05, 0) is 43.8 Å². The highest BCUT2D eigenvalue weighted by molar-refractivity contribution is 6.02. The van der Waals surface area contributed by atoms with Crippen molar-refractivity contribution in [3.05, 3.63) is 47.1 Å². The molecule has 0 aromatic rings. The number of allylic oxidation sites excluding steroid dienone is 7. The van der Waals surface area contributed by atoms with Crippen LogP contribution in [0.1, 0.15) is 41.0 Å². The Morgan fingerprint density at radius 3 is 2.56 bits per heavy atom. The van der Waals surface area contributed by atoms with E-state index in [1.807, 2.05) is 46.8 Å². The first-order valence-corrected chi connectivity index (χ1v) is 8.59. The molecule has 2 aliphatic rings. The molecule has 0 saturated heterocycles. The Hall–Kier alpha value is -2.41. The number of nitriles is 1. The van der Waals surface area contributed by atoms with E-state index >= 15 is 0 Å². The normalized spacial score (nSPS) is 28.7. The molecule has 0 N–H and O–H groups in total. The summed E-state index contributed by atoms with van der Waals surface area (Å²) in [5, 5.41) is 9.17. The van der Waals surface area contributed by atoms with Gasteiger partial charge in [0.25, 0.3) is 0 Å². The lowest BCUT2D eigenvalue weighted by Crippen LogP contribution is -2.20. The van der Waals surface area contributed by atoms with E-state index < -0.39 is 6.10 Å². The minimum Gasteiger partial charge on any atom is -0.457 e. The molecule has 25 heavy (non-hydrogen) atoms. The molecule has 4 nitrogen and oxygen atoms in total. The number of rotatable bonds is 5. The van der Waals surface area contributed by atoms with E-state index in [9.17, 15) is 9.59 Å². The SMILES string of the molecule is CC=CC1=C(C)C(OC(=O)[C@@H]2[C@@H](/C=C(C#N)/C=C/C)C2(C)C)CC1=O. The minimum atomic E-state index is -0.474. The molecular weight excluding hydrogens is 314 g/mol. The molecular formula is C21H25NO3. The molecule has 0 bridgehead atoms. The van der Waals surface area contributed by atoms with Crippen molar-refractivity contribution in [3.8, 4) is 6.07 Å². The third-order valence-corrected chi connectivity index (χ3v) is 5.17. The maximum atomic E-state index is 12.6. The molecule has 132 valence electrons. The number of hydrogen-bond donors (Lipinski definition) is 0. The molecule has 1 fully saturated rings. The van der Waals surface area contributed by atoms with Gasteiger partial charge in [-0.15, -0.1) is 0 Å². The first kappa shape index (κ1) is 18.9. The van der Waals surface area contributed by atoms with Crippen LogP contribution in [0.5, 0.6) is 0 Å². The highest BCUT2D eigenvalue weighted by Crippen LogP contribution is 2.60. The van der Waals surface area contributed by atoms with Gasteiger partial charge in [0.2, 0.25) is 0 Å². The van der Waals surface area contributed by atoms with Crippen molar-refractivity contribution in [1.29, 1.82) is 5.26 Å². The number of esters is 1. The third-order valence-electron chi connectivity index (χ3n) is 5.17. The van der Waals surface area contributed by atoms with Gasteiger partial charge in [0.05, 0.1) is 18.4 Å². The van der Waals surface area contributed by atoms with Crippen LogP contribution in [0.15, 0.2) is 47.1 Å². The number of carbonyl (C=O) groups is 2. The van der Waals surface area contributed by atoms with E-state index in [1.165, 1.54) is 0 Å². The van der Waals surface area contributed by atoms with E-state index in [2.05, 4.69) is 6.07 Å². The Morgan fingerprint density at radius 1 is 1.32 bits per heavy atom. The number of carbonyl (C=O) groups excluding carboxylic acids is 2. The largest absolute Gasteiger partial charge is 0.457 e. The summed E-state index contributed by atoms with van der Waals surface area (Å²) in [7, 11) is 0. The Morgan fingerprint density at radius 2 is 2.00 bits per heavy atom. The van der Waals surface area contributed by atoms with E-state index in [4.69, 9.17) is 10.00 Å². The molecule has 0 aliphatic heterocycles. The van der Waals surface area contributed by atoms with Crippen LogP contribution < -0.4 is 0 Å². The van der Waals surface area contributed by atoms with Crippen molar-refractivity contribution in [2.75, 3.05) is 0 Å². The number of ether oxygens (including phenoxy) is 1. The van der Waals surface area contributed by atoms with Crippen LogP contribution in [-0.2, 0) is 14.3 Å². The van der Waals surface area contributed by atoms with Crippen molar-refractivity contribution < 1.29 is 14.3 Å². The predicted octanol–water partition coefficient (Wildman–Crippen LogP) is 4.06. The first-order valence-electron chi connectivity index (χ1n) is 8.59. The fraction of sp³-hybridized carbons (Fsp3) is 0.476. The molecule has 0 aromatic heterocycles. The minimum absolute atomic E-state index is 0.0137. The second kappa shape index (κ2) is 7.23. The number of Topliss-reactive ketones (excluding diaryl/α,β-unsaturated/α-hetero) is 1. The molecule has 1 unspecified atom stereocenters. The van der Waals surface area contributed by atoms with E-state index in [0.29, 0.717) is 11.1 Å². The van der Waals surface area contributed by atoms with Crippen molar-refractivity contribution in [3.63, 3.8) is 0 Å². The number of hydrogen-bond acceptors (Lipinski definition) is 4. The number of ketones is 1. The lowest BCUT2D eigenvalue weighted by Gasteiger charge is -2.13. The van der Waals surface area contributed by atoms with Crippen LogP contribution in [0.2, 0.25) is 0 Å². The summed E-state index contributed by atoms with van der Waals surface area (Å²) in [5.41, 5.74) is 1.77. The van der Waals surface area contributed by atoms with Crippen molar-refractivity contribution >= 4 is 11.8 Å². The second-order valence-corrected chi connectivity index (χ2v) is 7.21. The Bertz CT molecular complexity index is 744. The fourth-order valence-electron chi connectivity index (χ4n) is 3.50. The van der Waals surface area contributed by atoms with Gasteiger partial charge < -0.3 is 4.74 Å². The monoisotopic (exact) mass is 339 g/mol. The molecule has 0 spiro atoms. The zero-order valence-corrected chi connectivity index (χ0v) is 15.5. The third kappa shape index (κ3) is 3.66. The quantitative estimate of drug-likeness (QED) is 0.430. The topological polar surface area (TPSA) is 67.2 Å². The lowest BCUT2D eigenvalue weighted by atomic mass is 10.1. The van der Waals surface area contributed by atoms with Crippen LogP contribution in [-0.4, -0.2) is 17.9 Å². The Labute approximate surface area is 149 Å². The zero-order chi connectivity index (χ0) is 18.8. The summed E-state index contributed by atoms with van der Waals surface area (Å²) in [6, 6.07) is 2.14. The standard InChI is InChI=1S/C21H25NO3/c1-6-8-14(12-22)10-16-19(21(16,4)5)20(24)25-18-11-17(23)15(9-7-2)13(18)3/h6-10,16,18-19H,11H2,1-5H3/b8-6+,9-7?,14-10-/t16-,18?,19+/m1/s1. The van der Waals surface area contributed by atoms with Gasteiger partial charge in [-0.1, -0.05) is 38.2 Å². The van der Waals surface area contributed by atoms with Gasteiger partial charge in [0, 0.05) is 11.1 Å². The summed E-state index contributed by atoms with van der Waals surface area (Å²) in [6.07, 6.45) is 8.72. The van der Waals surface area contributed by atoms with Gasteiger partial charge in [-0.3, -0.25) is 9.59 Å². The van der Waals surface area contributed by atoms with E-state index in [0.717, 1.165) is 5.57 Å². The molecule has 0 radical (unpaired) electrons. The fourth-order valence-corrected chi connectivity index (χ4v) is 3.50. The highest BCUT2D eigenvalue weighted by Gasteiger charge is 2.62. The molecule has 1 saturated carbocycles. The van der Waals surface area contributed by atoms with Gasteiger partial charge >= 0.3 is 5.97 Å². The summed E-state index contributed by atoms with van der Waals surface area (Å²) >= 11 is 0. The lowest BCUT2D eigenvalue weighted by molar-refractivity contribution is -0.150. The maximum absolute atomic E-state index is 12.6. The highest BCUT2D eigenvalue weighted by atomic mass is 16.5. The van der Waals surface area contributed by atoms with Gasteiger partial charge in [0.1, 0.15) is 6.10 Å². The van der Waals surface area contributed by atoms with Crippen LogP contribution in [0.25, 0.3) is 0 Å². The van der Waals surface area contributed by atoms with Crippen LogP contribution in [0.4, 0.5) is 0 Å². The van der Waals surface area contributed by atoms with Crippen LogP contribution in [0.3, 0.4) is 0 Å². The summed E-state index contributed by atoms with van der Waals surface area (Å²) in [4.78, 5) is 24.7. The van der Waals surface area contributed by atoms with Gasteiger partial charge in [-0.25, -0.2) is 0 Å². The van der Waals surface area contributed by atoms with E-state index in [1.54, 1.807) is 18.2 Å². The molecule has 3 atom stereocenters. The second-order valence-electron chi connectivity index (χ2n) is 7.21. The van der Waals surface area contributed by atoms with Crippen LogP contribution in [0, 0.1) is 28.6 Å². The van der Waals surface area contributed by atoms with Gasteiger partial charge in [-0.2, -0.15) is 5.26 Å². The summed E-state index contributed by atoms with van der Waals surface area (Å²) < 4.78 is 5.65. The van der Waals surface area contributed by atoms with Gasteiger partial charge in [0.15, 0.2) is 5.78 Å². The average Bonchev–Trinajstić information content (AvgIpc) is 3.00. The van der Waals surface area contributed by atoms with Crippen molar-refractivity contribution in [2.45, 2.75) is 47.1 Å². The maximum Gasteiger partial charge on any atom is 0.310 e. The Balaban J connectivity index is 2.12. The average molecular weight is 339 g/mol. The first-order chi connectivity index (χ1) is 11.8. The number of nitrogens with zero attached hydrogens (tertiary/aromatic N) is 1. The van der Waals surface area contributed by atoms with Crippen LogP contribution >= 0.6 is 0 Å². The molecule has 0 heterocycles. The molecule has 2 aliphatic carbocycles. The Kier molecular flexibility index (Phi) is 5.47. The summed E-state index contributed by atoms with van der Waals surface area (Å²) in [5.74, 6) is -0.584.